The van der Waals surface area contributed by atoms with Gasteiger partial charge in [0.2, 0.25) is 5.95 Å². The van der Waals surface area contributed by atoms with Gasteiger partial charge in [-0.15, -0.1) is 0 Å². The number of nitrogens with zero attached hydrogens (tertiary/aromatic N) is 5. The molecule has 1 aromatic carbocycles. The molecule has 1 aliphatic heterocycles. The van der Waals surface area contributed by atoms with Crippen molar-refractivity contribution >= 4 is 32.6 Å². The largest absolute Gasteiger partial charge is 0.434 e. The second-order valence-corrected chi connectivity index (χ2v) is 10.2. The zero-order valence-corrected chi connectivity index (χ0v) is 20.5. The van der Waals surface area contributed by atoms with E-state index < -0.39 is 39.7 Å². The van der Waals surface area contributed by atoms with Crippen LogP contribution in [0.15, 0.2) is 23.2 Å². The Morgan fingerprint density at radius 3 is 2.37 bits per heavy atom. The van der Waals surface area contributed by atoms with Gasteiger partial charge in [-0.3, -0.25) is 4.79 Å². The van der Waals surface area contributed by atoms with Crippen LogP contribution in [-0.4, -0.2) is 51.6 Å². The number of aliphatic hydroxyl groups is 1. The van der Waals surface area contributed by atoms with Crippen molar-refractivity contribution in [3.8, 4) is 0 Å². The van der Waals surface area contributed by atoms with Crippen molar-refractivity contribution in [1.29, 1.82) is 0 Å². The van der Waals surface area contributed by atoms with Crippen molar-refractivity contribution in [1.82, 2.24) is 19.5 Å². The van der Waals surface area contributed by atoms with Crippen molar-refractivity contribution in [3.63, 3.8) is 0 Å². The molecule has 0 saturated heterocycles. The maximum atomic E-state index is 13.4. The van der Waals surface area contributed by atoms with E-state index in [1.807, 2.05) is 0 Å². The molecular formula is C22H26F3N5O4S. The Bertz CT molecular complexity index is 1370. The number of alkyl halides is 3. The SMILES string of the molecule is CC(=O)c1cnc(N2CCn3c(nc4cc(CO)c(S(C)(=O)=O)cc43)C2)nc1C(F)(F)F.CCC. The summed E-state index contributed by atoms with van der Waals surface area (Å²) in [5.74, 6) is -0.493. The Labute approximate surface area is 200 Å². The Morgan fingerprint density at radius 2 is 1.83 bits per heavy atom. The van der Waals surface area contributed by atoms with Crippen molar-refractivity contribution in [2.45, 2.75) is 58.0 Å². The van der Waals surface area contributed by atoms with Crippen LogP contribution in [0.1, 0.15) is 54.6 Å². The highest BCUT2D eigenvalue weighted by atomic mass is 32.2. The average molecular weight is 514 g/mol. The van der Waals surface area contributed by atoms with Crippen molar-refractivity contribution in [2.75, 3.05) is 17.7 Å². The van der Waals surface area contributed by atoms with Gasteiger partial charge in [-0.1, -0.05) is 20.3 Å². The molecule has 4 rings (SSSR count). The number of carbonyl (C=O) groups excluding carboxylic acids is 1. The van der Waals surface area contributed by atoms with Crippen LogP contribution in [0.25, 0.3) is 11.0 Å². The van der Waals surface area contributed by atoms with Gasteiger partial charge in [-0.25, -0.2) is 23.4 Å². The van der Waals surface area contributed by atoms with Gasteiger partial charge in [0.05, 0.1) is 34.6 Å². The Balaban J connectivity index is 0.00000108. The fourth-order valence-electron chi connectivity index (χ4n) is 3.72. The third kappa shape index (κ3) is 5.45. The summed E-state index contributed by atoms with van der Waals surface area (Å²) in [4.78, 5) is 25.1. The Kier molecular flexibility index (Phi) is 7.50. The third-order valence-electron chi connectivity index (χ3n) is 5.21. The van der Waals surface area contributed by atoms with Gasteiger partial charge in [0, 0.05) is 25.5 Å². The fourth-order valence-corrected chi connectivity index (χ4v) is 4.65. The van der Waals surface area contributed by atoms with Crippen LogP contribution in [0.4, 0.5) is 19.1 Å². The second kappa shape index (κ2) is 9.90. The first-order valence-corrected chi connectivity index (χ1v) is 12.7. The fraction of sp³-hybridized carbons (Fsp3) is 0.455. The van der Waals surface area contributed by atoms with E-state index >= 15 is 0 Å². The maximum Gasteiger partial charge on any atom is 0.434 e. The van der Waals surface area contributed by atoms with Crippen LogP contribution in [0.5, 0.6) is 0 Å². The normalized spacial score (nSPS) is 13.9. The van der Waals surface area contributed by atoms with E-state index in [9.17, 15) is 31.5 Å². The monoisotopic (exact) mass is 513 g/mol. The molecule has 0 atom stereocenters. The summed E-state index contributed by atoms with van der Waals surface area (Å²) in [6.45, 7) is 5.40. The molecule has 0 unspecified atom stereocenters. The summed E-state index contributed by atoms with van der Waals surface area (Å²) >= 11 is 0. The van der Waals surface area contributed by atoms with Crippen molar-refractivity contribution < 1.29 is 31.5 Å². The van der Waals surface area contributed by atoms with Crippen LogP contribution < -0.4 is 4.90 Å². The molecule has 1 aliphatic rings. The van der Waals surface area contributed by atoms with Crippen LogP contribution in [0, 0.1) is 0 Å². The quantitative estimate of drug-likeness (QED) is 0.528. The molecule has 0 aliphatic carbocycles. The number of ketones is 1. The topological polar surface area (TPSA) is 118 Å². The van der Waals surface area contributed by atoms with Gasteiger partial charge >= 0.3 is 6.18 Å². The zero-order chi connectivity index (χ0) is 26.1. The molecule has 190 valence electrons. The van der Waals surface area contributed by atoms with Crippen LogP contribution >= 0.6 is 0 Å². The molecule has 9 nitrogen and oxygen atoms in total. The zero-order valence-electron chi connectivity index (χ0n) is 19.7. The number of fused-ring (bicyclic) bond motifs is 3. The summed E-state index contributed by atoms with van der Waals surface area (Å²) in [5.41, 5.74) is -0.678. The highest BCUT2D eigenvalue weighted by molar-refractivity contribution is 7.90. The van der Waals surface area contributed by atoms with Gasteiger partial charge in [-0.2, -0.15) is 13.2 Å². The number of hydrogen-bond donors (Lipinski definition) is 1. The Morgan fingerprint density at radius 1 is 1.17 bits per heavy atom. The summed E-state index contributed by atoms with van der Waals surface area (Å²) in [6, 6.07) is 2.93. The molecule has 35 heavy (non-hydrogen) atoms. The van der Waals surface area contributed by atoms with Gasteiger partial charge in [-0.05, 0) is 24.6 Å². The number of sulfone groups is 1. The van der Waals surface area contributed by atoms with E-state index in [1.54, 1.807) is 4.57 Å². The predicted octanol–water partition coefficient (Wildman–Crippen LogP) is 3.38. The smallest absolute Gasteiger partial charge is 0.392 e. The summed E-state index contributed by atoms with van der Waals surface area (Å²) in [7, 11) is -3.59. The number of Topliss-reactive ketones (excluding diaryl/α,β-unsaturated/α-hetero) is 1. The number of halogens is 3. The standard InChI is InChI=1S/C19H18F3N5O4S.C3H8/c1-10(29)12-7-23-18(25-17(12)19(20,21)22)26-3-4-27-14-6-15(32(2,30)31)11(9-28)5-13(14)24-16(27)8-26;1-3-2/h5-7,28H,3-4,8-9H2,1-2H3;3H2,1-2H3. The molecular weight excluding hydrogens is 487 g/mol. The minimum atomic E-state index is -4.82. The lowest BCUT2D eigenvalue weighted by molar-refractivity contribution is -0.141. The van der Waals surface area contributed by atoms with E-state index in [-0.39, 0.29) is 29.5 Å². The summed E-state index contributed by atoms with van der Waals surface area (Å²) < 4.78 is 66.1. The first-order chi connectivity index (χ1) is 16.3. The number of anilines is 1. The molecule has 3 heterocycles. The predicted molar refractivity (Wildman–Crippen MR) is 123 cm³/mol. The number of hydrogen-bond acceptors (Lipinski definition) is 8. The molecule has 0 radical (unpaired) electrons. The molecule has 13 heteroatoms. The van der Waals surface area contributed by atoms with Gasteiger partial charge in [0.25, 0.3) is 0 Å². The lowest BCUT2D eigenvalue weighted by Crippen LogP contribution is -2.35. The first kappa shape index (κ1) is 26.5. The number of carbonyl (C=O) groups is 1. The van der Waals surface area contributed by atoms with Crippen LogP contribution in [-0.2, 0) is 35.7 Å². The summed E-state index contributed by atoms with van der Waals surface area (Å²) in [6.07, 6.45) is -1.65. The maximum absolute atomic E-state index is 13.4. The molecule has 0 fully saturated rings. The molecule has 1 N–H and O–H groups in total. The van der Waals surface area contributed by atoms with E-state index in [2.05, 4.69) is 28.8 Å². The Hall–Kier alpha value is -3.06. The summed E-state index contributed by atoms with van der Waals surface area (Å²) in [5, 5.41) is 9.55. The van der Waals surface area contributed by atoms with E-state index in [0.717, 1.165) is 19.4 Å². The highest BCUT2D eigenvalue weighted by Gasteiger charge is 2.38. The number of imidazole rings is 1. The van der Waals surface area contributed by atoms with Crippen molar-refractivity contribution in [3.05, 3.63) is 41.0 Å². The molecule has 0 bridgehead atoms. The van der Waals surface area contributed by atoms with E-state index in [4.69, 9.17) is 0 Å². The highest BCUT2D eigenvalue weighted by Crippen LogP contribution is 2.33. The number of rotatable bonds is 4. The van der Waals surface area contributed by atoms with Crippen molar-refractivity contribution in [2.24, 2.45) is 0 Å². The van der Waals surface area contributed by atoms with Gasteiger partial charge < -0.3 is 14.6 Å². The third-order valence-corrected chi connectivity index (χ3v) is 6.39. The van der Waals surface area contributed by atoms with Gasteiger partial charge in [0.15, 0.2) is 21.3 Å². The molecule has 0 amide bonds. The van der Waals surface area contributed by atoms with Gasteiger partial charge in [0.1, 0.15) is 5.82 Å². The van der Waals surface area contributed by atoms with Crippen LogP contribution in [0.3, 0.4) is 0 Å². The second-order valence-electron chi connectivity index (χ2n) is 8.17. The van der Waals surface area contributed by atoms with E-state index in [0.29, 0.717) is 23.4 Å². The van der Waals surface area contributed by atoms with Crippen LogP contribution in [0.2, 0.25) is 0 Å². The number of benzene rings is 1. The lowest BCUT2D eigenvalue weighted by atomic mass is 10.1. The molecule has 0 saturated carbocycles. The average Bonchev–Trinajstić information content (AvgIpc) is 3.13. The number of aliphatic hydroxyl groups excluding tert-OH is 1. The van der Waals surface area contributed by atoms with E-state index in [1.165, 1.54) is 23.5 Å². The lowest BCUT2D eigenvalue weighted by Gasteiger charge is -2.28. The minimum absolute atomic E-state index is 0.00407. The molecule has 3 aromatic rings. The number of aromatic nitrogens is 4. The minimum Gasteiger partial charge on any atom is -0.392 e. The molecule has 0 spiro atoms. The molecule has 2 aromatic heterocycles. The first-order valence-electron chi connectivity index (χ1n) is 10.8.